The molecule has 1 amide bonds. The van der Waals surface area contributed by atoms with Crippen molar-refractivity contribution in [2.45, 2.75) is 19.1 Å². The van der Waals surface area contributed by atoms with Gasteiger partial charge < -0.3 is 15.0 Å². The Morgan fingerprint density at radius 2 is 1.96 bits per heavy atom. The summed E-state index contributed by atoms with van der Waals surface area (Å²) in [7, 11) is 0. The first-order valence-electron chi connectivity index (χ1n) is 8.22. The molecule has 0 saturated heterocycles. The smallest absolute Gasteiger partial charge is 0.416 e. The van der Waals surface area contributed by atoms with Crippen LogP contribution in [0.1, 0.15) is 27.2 Å². The lowest BCUT2D eigenvalue weighted by atomic mass is 10.0. The molecule has 2 heterocycles. The number of nitrogens with one attached hydrogen (secondary N) is 1. The van der Waals surface area contributed by atoms with Crippen LogP contribution in [0.25, 0.3) is 10.9 Å². The Balaban J connectivity index is 1.65. The van der Waals surface area contributed by atoms with Crippen LogP contribution in [0.5, 0.6) is 5.75 Å². The minimum Gasteiger partial charge on any atom is -0.508 e. The summed E-state index contributed by atoms with van der Waals surface area (Å²) in [6.45, 7) is 0.611. The van der Waals surface area contributed by atoms with E-state index in [2.05, 4.69) is 4.98 Å². The van der Waals surface area contributed by atoms with Gasteiger partial charge in [-0.25, -0.2) is 0 Å². The highest BCUT2D eigenvalue weighted by molar-refractivity contribution is 6.31. The maximum absolute atomic E-state index is 12.9. The van der Waals surface area contributed by atoms with E-state index in [0.717, 1.165) is 34.3 Å². The van der Waals surface area contributed by atoms with E-state index in [9.17, 15) is 23.1 Å². The van der Waals surface area contributed by atoms with Crippen LogP contribution in [0.3, 0.4) is 0 Å². The van der Waals surface area contributed by atoms with E-state index in [1.807, 2.05) is 12.1 Å². The average molecular weight is 395 g/mol. The minimum absolute atomic E-state index is 0.190. The molecule has 0 atom stereocenters. The lowest BCUT2D eigenvalue weighted by Gasteiger charge is -2.27. The number of aromatic nitrogens is 1. The third-order valence-corrected chi connectivity index (χ3v) is 4.95. The third-order valence-electron chi connectivity index (χ3n) is 4.72. The van der Waals surface area contributed by atoms with E-state index in [4.69, 9.17) is 11.6 Å². The number of hydrogen-bond donors (Lipinski definition) is 2. The molecule has 0 unspecified atom stereocenters. The molecule has 3 aromatic rings. The molecular weight excluding hydrogens is 381 g/mol. The van der Waals surface area contributed by atoms with Gasteiger partial charge in [0.25, 0.3) is 5.91 Å². The van der Waals surface area contributed by atoms with Crippen LogP contribution in [0.2, 0.25) is 5.02 Å². The van der Waals surface area contributed by atoms with Crippen LogP contribution >= 0.6 is 11.6 Å². The van der Waals surface area contributed by atoms with Crippen LogP contribution in [0.15, 0.2) is 36.4 Å². The summed E-state index contributed by atoms with van der Waals surface area (Å²) < 4.78 is 38.8. The van der Waals surface area contributed by atoms with E-state index >= 15 is 0 Å². The number of alkyl halides is 3. The Bertz CT molecular complexity index is 1060. The topological polar surface area (TPSA) is 56.3 Å². The number of carbonyl (C=O) groups is 1. The number of hydrogen-bond acceptors (Lipinski definition) is 2. The Labute approximate surface area is 157 Å². The number of H-pyrrole nitrogens is 1. The molecule has 140 valence electrons. The average Bonchev–Trinajstić information content (AvgIpc) is 2.96. The summed E-state index contributed by atoms with van der Waals surface area (Å²) >= 11 is 6.05. The Hall–Kier alpha value is -2.67. The van der Waals surface area contributed by atoms with Gasteiger partial charge in [-0.1, -0.05) is 11.6 Å². The largest absolute Gasteiger partial charge is 0.508 e. The molecule has 1 aromatic heterocycles. The summed E-state index contributed by atoms with van der Waals surface area (Å²) in [6, 6.07) is 7.90. The molecule has 8 heteroatoms. The lowest BCUT2D eigenvalue weighted by Crippen LogP contribution is -2.36. The number of benzene rings is 2. The van der Waals surface area contributed by atoms with Crippen molar-refractivity contribution in [3.63, 3.8) is 0 Å². The van der Waals surface area contributed by atoms with Crippen molar-refractivity contribution >= 4 is 28.4 Å². The standard InChI is InChI=1S/C19H14ClF3N2O2/c20-12-1-2-16-15(8-12)14-3-4-25(9-17(14)24-16)18(27)10-5-11(19(21,22)23)7-13(26)6-10/h1-2,5-8,24,26H,3-4,9H2. The highest BCUT2D eigenvalue weighted by atomic mass is 35.5. The zero-order chi connectivity index (χ0) is 19.3. The first-order valence-corrected chi connectivity index (χ1v) is 8.59. The summed E-state index contributed by atoms with van der Waals surface area (Å²) in [6.07, 6.45) is -4.08. The second-order valence-corrected chi connectivity index (χ2v) is 6.95. The van der Waals surface area contributed by atoms with Gasteiger partial charge in [0.2, 0.25) is 0 Å². The number of phenols is 1. The van der Waals surface area contributed by atoms with Gasteiger partial charge in [0.15, 0.2) is 0 Å². The van der Waals surface area contributed by atoms with E-state index in [0.29, 0.717) is 24.1 Å². The molecule has 0 saturated carbocycles. The molecule has 27 heavy (non-hydrogen) atoms. The minimum atomic E-state index is -4.64. The monoisotopic (exact) mass is 394 g/mol. The quantitative estimate of drug-likeness (QED) is 0.626. The summed E-state index contributed by atoms with van der Waals surface area (Å²) in [5, 5.41) is 11.2. The van der Waals surface area contributed by atoms with Crippen molar-refractivity contribution in [2.75, 3.05) is 6.54 Å². The fourth-order valence-corrected chi connectivity index (χ4v) is 3.64. The number of carbonyl (C=O) groups excluding carboxylic acids is 1. The molecule has 1 aliphatic heterocycles. The molecule has 0 aliphatic carbocycles. The highest BCUT2D eigenvalue weighted by Crippen LogP contribution is 2.34. The molecule has 4 nitrogen and oxygen atoms in total. The predicted molar refractivity (Wildman–Crippen MR) is 94.9 cm³/mol. The van der Waals surface area contributed by atoms with E-state index in [-0.39, 0.29) is 12.1 Å². The fraction of sp³-hybridized carbons (Fsp3) is 0.211. The molecule has 0 spiro atoms. The number of aromatic hydroxyl groups is 1. The van der Waals surface area contributed by atoms with Gasteiger partial charge in [-0.05, 0) is 48.4 Å². The van der Waals surface area contributed by atoms with Crippen molar-refractivity contribution in [3.05, 3.63) is 63.8 Å². The number of amides is 1. The molecule has 0 bridgehead atoms. The first kappa shape index (κ1) is 17.7. The number of phenolic OH excluding ortho intramolecular Hbond substituents is 1. The summed E-state index contributed by atoms with van der Waals surface area (Å²) in [5.74, 6) is -1.15. The number of nitrogens with zero attached hydrogens (tertiary/aromatic N) is 1. The normalized spacial score (nSPS) is 14.4. The number of aromatic amines is 1. The molecule has 0 fully saturated rings. The van der Waals surface area contributed by atoms with Gasteiger partial charge in [-0.3, -0.25) is 4.79 Å². The molecular formula is C19H14ClF3N2O2. The van der Waals surface area contributed by atoms with Gasteiger partial charge >= 0.3 is 6.18 Å². The molecule has 0 radical (unpaired) electrons. The van der Waals surface area contributed by atoms with Crippen molar-refractivity contribution in [1.29, 1.82) is 0 Å². The van der Waals surface area contributed by atoms with Gasteiger partial charge in [-0.15, -0.1) is 0 Å². The van der Waals surface area contributed by atoms with Gasteiger partial charge in [-0.2, -0.15) is 13.2 Å². The van der Waals surface area contributed by atoms with E-state index in [1.165, 1.54) is 4.90 Å². The Morgan fingerprint density at radius 1 is 1.19 bits per heavy atom. The fourth-order valence-electron chi connectivity index (χ4n) is 3.47. The Morgan fingerprint density at radius 3 is 2.70 bits per heavy atom. The van der Waals surface area contributed by atoms with Crippen LogP contribution in [0, 0.1) is 0 Å². The molecule has 2 aromatic carbocycles. The number of fused-ring (bicyclic) bond motifs is 3. The number of halogens is 4. The lowest BCUT2D eigenvalue weighted by molar-refractivity contribution is -0.137. The van der Waals surface area contributed by atoms with Crippen molar-refractivity contribution in [1.82, 2.24) is 9.88 Å². The number of rotatable bonds is 1. The highest BCUT2D eigenvalue weighted by Gasteiger charge is 2.33. The second-order valence-electron chi connectivity index (χ2n) is 6.52. The van der Waals surface area contributed by atoms with Crippen LogP contribution in [0.4, 0.5) is 13.2 Å². The molecule has 4 rings (SSSR count). The van der Waals surface area contributed by atoms with Crippen LogP contribution < -0.4 is 0 Å². The predicted octanol–water partition coefficient (Wildman–Crippen LogP) is 4.74. The van der Waals surface area contributed by atoms with E-state index < -0.39 is 23.4 Å². The van der Waals surface area contributed by atoms with Crippen LogP contribution in [-0.4, -0.2) is 27.4 Å². The van der Waals surface area contributed by atoms with Gasteiger partial charge in [0, 0.05) is 33.7 Å². The molecule has 2 N–H and O–H groups in total. The third kappa shape index (κ3) is 3.23. The molecule has 1 aliphatic rings. The van der Waals surface area contributed by atoms with E-state index in [1.54, 1.807) is 6.07 Å². The van der Waals surface area contributed by atoms with Gasteiger partial charge in [0.1, 0.15) is 5.75 Å². The maximum Gasteiger partial charge on any atom is 0.416 e. The zero-order valence-electron chi connectivity index (χ0n) is 13.9. The van der Waals surface area contributed by atoms with Crippen molar-refractivity contribution in [3.8, 4) is 5.75 Å². The Kier molecular flexibility index (Phi) is 4.07. The van der Waals surface area contributed by atoms with Crippen molar-refractivity contribution < 1.29 is 23.1 Å². The SMILES string of the molecule is O=C(c1cc(O)cc(C(F)(F)F)c1)N1CCc2c([nH]c3ccc(Cl)cc23)C1. The van der Waals surface area contributed by atoms with Crippen molar-refractivity contribution in [2.24, 2.45) is 0 Å². The maximum atomic E-state index is 12.9. The second kappa shape index (κ2) is 6.20. The first-order chi connectivity index (χ1) is 12.7. The summed E-state index contributed by atoms with van der Waals surface area (Å²) in [4.78, 5) is 17.4. The zero-order valence-corrected chi connectivity index (χ0v) is 14.7. The van der Waals surface area contributed by atoms with Gasteiger partial charge in [0.05, 0.1) is 12.1 Å². The summed E-state index contributed by atoms with van der Waals surface area (Å²) in [5.41, 5.74) is 1.55. The van der Waals surface area contributed by atoms with Crippen LogP contribution in [-0.2, 0) is 19.1 Å².